The molecule has 0 atom stereocenters. The summed E-state index contributed by atoms with van der Waals surface area (Å²) in [4.78, 5) is 19.7. The van der Waals surface area contributed by atoms with E-state index in [-0.39, 0.29) is 17.9 Å². The molecule has 2 heterocycles. The normalized spacial score (nSPS) is 11.6. The minimum Gasteiger partial charge on any atom is -0.395 e. The van der Waals surface area contributed by atoms with Crippen LogP contribution < -0.4 is 10.2 Å². The zero-order valence-corrected chi connectivity index (χ0v) is 20.1. The number of hydrogen-bond acceptors (Lipinski definition) is 5. The van der Waals surface area contributed by atoms with Gasteiger partial charge in [0.2, 0.25) is 0 Å². The van der Waals surface area contributed by atoms with E-state index in [2.05, 4.69) is 32.4 Å². The Labute approximate surface area is 200 Å². The van der Waals surface area contributed by atoms with Crippen LogP contribution in [0.15, 0.2) is 66.7 Å². The number of aliphatic hydroxyl groups excluding tert-OH is 1. The molecule has 2 aromatic carbocycles. The number of carbonyl (C=O) groups excluding carboxylic acids is 1. The highest BCUT2D eigenvalue weighted by Crippen LogP contribution is 2.24. The Morgan fingerprint density at radius 3 is 2.47 bits per heavy atom. The van der Waals surface area contributed by atoms with Gasteiger partial charge in [-0.2, -0.15) is 9.61 Å². The lowest BCUT2D eigenvalue weighted by molar-refractivity contribution is 0.102. The Bertz CT molecular complexity index is 1280. The highest BCUT2D eigenvalue weighted by Gasteiger charge is 2.20. The summed E-state index contributed by atoms with van der Waals surface area (Å²) in [6.07, 6.45) is 0.889. The van der Waals surface area contributed by atoms with Crippen molar-refractivity contribution < 1.29 is 9.90 Å². The molecule has 2 aromatic heterocycles. The molecule has 0 aliphatic heterocycles. The maximum absolute atomic E-state index is 12.9. The lowest BCUT2D eigenvalue weighted by Crippen LogP contribution is -2.24. The molecule has 34 heavy (non-hydrogen) atoms. The number of hydrogen-bond donors (Lipinski definition) is 2. The van der Waals surface area contributed by atoms with Crippen LogP contribution in [-0.2, 0) is 11.8 Å². The Kier molecular flexibility index (Phi) is 6.65. The van der Waals surface area contributed by atoms with Crippen LogP contribution in [0.3, 0.4) is 0 Å². The molecule has 0 unspecified atom stereocenters. The van der Waals surface area contributed by atoms with Gasteiger partial charge in [-0.15, -0.1) is 0 Å². The monoisotopic (exact) mass is 457 g/mol. The molecule has 0 radical (unpaired) electrons. The van der Waals surface area contributed by atoms with Crippen molar-refractivity contribution >= 4 is 23.2 Å². The van der Waals surface area contributed by atoms with Crippen molar-refractivity contribution in [3.05, 3.63) is 89.1 Å². The Hall–Kier alpha value is -3.71. The van der Waals surface area contributed by atoms with E-state index < -0.39 is 0 Å². The minimum absolute atomic E-state index is 0.0355. The topological polar surface area (TPSA) is 82.8 Å². The van der Waals surface area contributed by atoms with Crippen molar-refractivity contribution in [2.24, 2.45) is 0 Å². The van der Waals surface area contributed by atoms with Gasteiger partial charge in [0.05, 0.1) is 12.3 Å². The van der Waals surface area contributed by atoms with E-state index in [0.29, 0.717) is 17.0 Å². The number of anilines is 2. The van der Waals surface area contributed by atoms with Crippen LogP contribution in [0.2, 0.25) is 0 Å². The number of benzene rings is 2. The molecule has 4 aromatic rings. The molecule has 0 bridgehead atoms. The molecule has 7 nitrogen and oxygen atoms in total. The Morgan fingerprint density at radius 2 is 1.79 bits per heavy atom. The van der Waals surface area contributed by atoms with Crippen LogP contribution >= 0.6 is 0 Å². The van der Waals surface area contributed by atoms with E-state index in [4.69, 9.17) is 0 Å². The van der Waals surface area contributed by atoms with E-state index in [0.717, 1.165) is 30.0 Å². The summed E-state index contributed by atoms with van der Waals surface area (Å²) in [6, 6.07) is 21.4. The van der Waals surface area contributed by atoms with Crippen LogP contribution in [0.4, 0.5) is 11.6 Å². The van der Waals surface area contributed by atoms with Crippen LogP contribution in [0.25, 0.3) is 5.65 Å². The molecule has 7 heteroatoms. The van der Waals surface area contributed by atoms with Crippen LogP contribution in [0, 0.1) is 6.92 Å². The first-order valence-corrected chi connectivity index (χ1v) is 11.4. The molecule has 0 aliphatic carbocycles. The lowest BCUT2D eigenvalue weighted by Gasteiger charge is -2.22. The summed E-state index contributed by atoms with van der Waals surface area (Å²) in [7, 11) is 2.02. The van der Waals surface area contributed by atoms with Crippen molar-refractivity contribution in [3.63, 3.8) is 0 Å². The fraction of sp³-hybridized carbons (Fsp3) is 0.296. The third kappa shape index (κ3) is 5.10. The first kappa shape index (κ1) is 23.4. The second-order valence-corrected chi connectivity index (χ2v) is 9.29. The van der Waals surface area contributed by atoms with Gasteiger partial charge in [0.1, 0.15) is 11.6 Å². The molecule has 2 N–H and O–H groups in total. The smallest absolute Gasteiger partial charge is 0.256 e. The van der Waals surface area contributed by atoms with E-state index in [1.54, 1.807) is 12.1 Å². The number of rotatable bonds is 8. The number of fused-ring (bicyclic) bond motifs is 1. The van der Waals surface area contributed by atoms with Gasteiger partial charge in [0.15, 0.2) is 5.65 Å². The number of likely N-dealkylation sites (N-methyl/N-ethyl adjacent to an activating group) is 1. The fourth-order valence-corrected chi connectivity index (χ4v) is 3.82. The zero-order valence-electron chi connectivity index (χ0n) is 20.1. The Balaban J connectivity index is 1.56. The molecule has 176 valence electrons. The van der Waals surface area contributed by atoms with Crippen LogP contribution in [0.1, 0.15) is 41.0 Å². The molecular weight excluding hydrogens is 426 g/mol. The molecule has 0 fully saturated rings. The third-order valence-electron chi connectivity index (χ3n) is 6.07. The Morgan fingerprint density at radius 1 is 1.09 bits per heavy atom. The number of aromatic nitrogens is 3. The average molecular weight is 458 g/mol. The van der Waals surface area contributed by atoms with E-state index in [1.165, 1.54) is 5.56 Å². The lowest BCUT2D eigenvalue weighted by atomic mass is 9.85. The van der Waals surface area contributed by atoms with E-state index >= 15 is 0 Å². The third-order valence-corrected chi connectivity index (χ3v) is 6.07. The maximum Gasteiger partial charge on any atom is 0.256 e. The maximum atomic E-state index is 12.9. The highest BCUT2D eigenvalue weighted by molar-refractivity contribution is 6.04. The molecule has 4 rings (SSSR count). The highest BCUT2D eigenvalue weighted by atomic mass is 16.3. The minimum atomic E-state index is -0.360. The quantitative estimate of drug-likeness (QED) is 0.414. The van der Waals surface area contributed by atoms with Crippen molar-refractivity contribution in [2.75, 3.05) is 30.4 Å². The zero-order chi connectivity index (χ0) is 24.3. The van der Waals surface area contributed by atoms with Crippen molar-refractivity contribution in [3.8, 4) is 0 Å². The largest absolute Gasteiger partial charge is 0.395 e. The summed E-state index contributed by atoms with van der Waals surface area (Å²) in [6.45, 7) is 6.68. The second-order valence-electron chi connectivity index (χ2n) is 9.29. The predicted molar refractivity (Wildman–Crippen MR) is 136 cm³/mol. The molecule has 1 amide bonds. The van der Waals surface area contributed by atoms with Crippen molar-refractivity contribution in [2.45, 2.75) is 32.6 Å². The van der Waals surface area contributed by atoms with Gasteiger partial charge in [0, 0.05) is 36.7 Å². The van der Waals surface area contributed by atoms with Gasteiger partial charge >= 0.3 is 0 Å². The van der Waals surface area contributed by atoms with Gasteiger partial charge in [-0.1, -0.05) is 56.3 Å². The van der Waals surface area contributed by atoms with Crippen LogP contribution in [0.5, 0.6) is 0 Å². The van der Waals surface area contributed by atoms with E-state index in [1.807, 2.05) is 74.8 Å². The molecule has 0 saturated heterocycles. The molecule has 0 aliphatic rings. The summed E-state index contributed by atoms with van der Waals surface area (Å²) in [5.74, 6) is 1.09. The van der Waals surface area contributed by atoms with Gasteiger partial charge in [-0.05, 0) is 36.6 Å². The standard InChI is InChI=1S/C27H31N5O2/c1-19-16-24-28-23(29-26(34)21-10-12-22(13-11-21)27(2,3)18-33)17-25(32(24)30-19)31(4)15-14-20-8-6-5-7-9-20/h5-13,16-17,33H,14-15,18H2,1-4H3,(H,28,29,34). The number of amides is 1. The van der Waals surface area contributed by atoms with E-state index in [9.17, 15) is 9.90 Å². The number of aryl methyl sites for hydroxylation is 1. The first-order chi connectivity index (χ1) is 16.3. The summed E-state index contributed by atoms with van der Waals surface area (Å²) < 4.78 is 1.81. The van der Waals surface area contributed by atoms with Gasteiger partial charge in [-0.25, -0.2) is 4.98 Å². The number of nitrogens with zero attached hydrogens (tertiary/aromatic N) is 4. The summed E-state index contributed by atoms with van der Waals surface area (Å²) in [5, 5.41) is 17.1. The molecule has 0 saturated carbocycles. The van der Waals surface area contributed by atoms with Gasteiger partial charge in [-0.3, -0.25) is 4.79 Å². The fourth-order valence-electron chi connectivity index (χ4n) is 3.82. The van der Waals surface area contributed by atoms with Crippen molar-refractivity contribution in [1.29, 1.82) is 0 Å². The van der Waals surface area contributed by atoms with Gasteiger partial charge in [0.25, 0.3) is 5.91 Å². The van der Waals surface area contributed by atoms with Gasteiger partial charge < -0.3 is 15.3 Å². The summed E-state index contributed by atoms with van der Waals surface area (Å²) >= 11 is 0. The number of carbonyl (C=O) groups is 1. The number of aliphatic hydroxyl groups is 1. The molecular formula is C27H31N5O2. The SMILES string of the molecule is Cc1cc2nc(NC(=O)c3ccc(C(C)(C)CO)cc3)cc(N(C)CCc3ccccc3)n2n1. The average Bonchev–Trinajstić information content (AvgIpc) is 3.22. The first-order valence-electron chi connectivity index (χ1n) is 11.4. The second kappa shape index (κ2) is 9.65. The number of nitrogens with one attached hydrogen (secondary N) is 1. The predicted octanol–water partition coefficient (Wildman–Crippen LogP) is 4.24. The molecule has 0 spiro atoms. The van der Waals surface area contributed by atoms with Crippen LogP contribution in [-0.4, -0.2) is 45.8 Å². The van der Waals surface area contributed by atoms with Crippen molar-refractivity contribution in [1.82, 2.24) is 14.6 Å². The summed E-state index contributed by atoms with van der Waals surface area (Å²) in [5.41, 5.74) is 3.94.